The number of aliphatic carboxylic acids is 1. The third-order valence-corrected chi connectivity index (χ3v) is 3.20. The second-order valence-corrected chi connectivity index (χ2v) is 4.68. The van der Waals surface area contributed by atoms with Gasteiger partial charge in [-0.15, -0.1) is 0 Å². The van der Waals surface area contributed by atoms with Gasteiger partial charge in [0.1, 0.15) is 11.8 Å². The Kier molecular flexibility index (Phi) is 4.94. The Morgan fingerprint density at radius 3 is 2.27 bits per heavy atom. The van der Waals surface area contributed by atoms with E-state index in [4.69, 9.17) is 9.84 Å². The normalized spacial score (nSPS) is 11.3. The lowest BCUT2D eigenvalue weighted by molar-refractivity contribution is -0.139. The van der Waals surface area contributed by atoms with Gasteiger partial charge in [0.05, 0.1) is 5.57 Å². The van der Waals surface area contributed by atoms with Crippen LogP contribution in [-0.2, 0) is 4.79 Å². The van der Waals surface area contributed by atoms with Crippen LogP contribution in [0.5, 0.6) is 5.75 Å². The second kappa shape index (κ2) is 7.09. The molecule has 0 aliphatic rings. The minimum absolute atomic E-state index is 0.373. The summed E-state index contributed by atoms with van der Waals surface area (Å²) in [5.74, 6) is -0.534. The zero-order chi connectivity index (χ0) is 15.9. The molecular weight excluding hydrogens is 278 g/mol. The number of nitrogens with zero attached hydrogens (tertiary/aromatic N) is 1. The van der Waals surface area contributed by atoms with E-state index in [1.807, 2.05) is 49.4 Å². The summed E-state index contributed by atoms with van der Waals surface area (Å²) in [5.41, 5.74) is 3.23. The van der Waals surface area contributed by atoms with Gasteiger partial charge >= 0.3 is 5.97 Å². The van der Waals surface area contributed by atoms with Crippen molar-refractivity contribution in [1.29, 1.82) is 5.26 Å². The van der Waals surface area contributed by atoms with E-state index < -0.39 is 5.97 Å². The minimum Gasteiger partial charge on any atom is -0.482 e. The van der Waals surface area contributed by atoms with E-state index in [-0.39, 0.29) is 6.61 Å². The molecule has 22 heavy (non-hydrogen) atoms. The van der Waals surface area contributed by atoms with Crippen molar-refractivity contribution in [3.63, 3.8) is 0 Å². The van der Waals surface area contributed by atoms with Crippen LogP contribution in [0.1, 0.15) is 18.1 Å². The van der Waals surface area contributed by atoms with Crippen molar-refractivity contribution in [3.8, 4) is 11.8 Å². The summed E-state index contributed by atoms with van der Waals surface area (Å²) >= 11 is 0. The van der Waals surface area contributed by atoms with Crippen LogP contribution in [0, 0.1) is 11.3 Å². The van der Waals surface area contributed by atoms with Crippen LogP contribution < -0.4 is 4.74 Å². The molecule has 4 heteroatoms. The Bertz CT molecular complexity index is 725. The SMILES string of the molecule is C/C(=C(\C#N)c1ccccc1)c1ccc(OCC(=O)O)cc1. The van der Waals surface area contributed by atoms with Crippen LogP contribution in [0.3, 0.4) is 0 Å². The van der Waals surface area contributed by atoms with Crippen molar-refractivity contribution in [2.24, 2.45) is 0 Å². The van der Waals surface area contributed by atoms with Crippen LogP contribution in [0.15, 0.2) is 54.6 Å². The van der Waals surface area contributed by atoms with Crippen molar-refractivity contribution in [3.05, 3.63) is 65.7 Å². The second-order valence-electron chi connectivity index (χ2n) is 4.68. The highest BCUT2D eigenvalue weighted by Crippen LogP contribution is 2.26. The van der Waals surface area contributed by atoms with Crippen LogP contribution in [-0.4, -0.2) is 17.7 Å². The molecule has 0 amide bonds. The Balaban J connectivity index is 2.28. The maximum absolute atomic E-state index is 10.5. The Labute approximate surface area is 128 Å². The maximum atomic E-state index is 10.5. The van der Waals surface area contributed by atoms with E-state index in [9.17, 15) is 10.1 Å². The predicted octanol–water partition coefficient (Wildman–Crippen LogP) is 3.60. The van der Waals surface area contributed by atoms with Gasteiger partial charge in [-0.2, -0.15) is 5.26 Å². The number of ether oxygens (including phenoxy) is 1. The van der Waals surface area contributed by atoms with Gasteiger partial charge < -0.3 is 9.84 Å². The van der Waals surface area contributed by atoms with E-state index in [2.05, 4.69) is 6.07 Å². The molecule has 0 aliphatic heterocycles. The molecule has 1 N–H and O–H groups in total. The quantitative estimate of drug-likeness (QED) is 0.675. The van der Waals surface area contributed by atoms with Gasteiger partial charge in [-0.1, -0.05) is 42.5 Å². The number of carboxylic acids is 1. The summed E-state index contributed by atoms with van der Waals surface area (Å²) in [6.45, 7) is 1.51. The highest BCUT2D eigenvalue weighted by molar-refractivity contribution is 5.96. The zero-order valence-corrected chi connectivity index (χ0v) is 12.1. The molecule has 110 valence electrons. The lowest BCUT2D eigenvalue weighted by Gasteiger charge is -2.08. The fourth-order valence-corrected chi connectivity index (χ4v) is 2.06. The number of nitriles is 1. The fourth-order valence-electron chi connectivity index (χ4n) is 2.06. The first-order chi connectivity index (χ1) is 10.6. The summed E-state index contributed by atoms with van der Waals surface area (Å²) in [5, 5.41) is 18.0. The number of hydrogen-bond acceptors (Lipinski definition) is 3. The van der Waals surface area contributed by atoms with Gasteiger partial charge in [0.25, 0.3) is 0 Å². The lowest BCUT2D eigenvalue weighted by Crippen LogP contribution is -2.09. The molecule has 2 aromatic rings. The summed E-state index contributed by atoms with van der Waals surface area (Å²) in [6, 6.07) is 18.7. The number of rotatable bonds is 5. The summed E-state index contributed by atoms with van der Waals surface area (Å²) in [6.07, 6.45) is 0. The molecule has 0 bridgehead atoms. The van der Waals surface area contributed by atoms with Crippen molar-refractivity contribution in [1.82, 2.24) is 0 Å². The Morgan fingerprint density at radius 1 is 1.09 bits per heavy atom. The highest BCUT2D eigenvalue weighted by atomic mass is 16.5. The molecule has 0 atom stereocenters. The smallest absolute Gasteiger partial charge is 0.341 e. The van der Waals surface area contributed by atoms with Crippen LogP contribution >= 0.6 is 0 Å². The van der Waals surface area contributed by atoms with Gasteiger partial charge in [0.2, 0.25) is 0 Å². The molecule has 0 aliphatic carbocycles. The van der Waals surface area contributed by atoms with Gasteiger partial charge in [-0.25, -0.2) is 4.79 Å². The van der Waals surface area contributed by atoms with Gasteiger partial charge in [0.15, 0.2) is 6.61 Å². The first-order valence-electron chi connectivity index (χ1n) is 6.73. The number of carboxylic acid groups (broad SMARTS) is 1. The molecule has 0 radical (unpaired) electrons. The number of benzene rings is 2. The van der Waals surface area contributed by atoms with E-state index >= 15 is 0 Å². The molecule has 0 fully saturated rings. The molecule has 0 saturated heterocycles. The summed E-state index contributed by atoms with van der Waals surface area (Å²) < 4.78 is 5.09. The summed E-state index contributed by atoms with van der Waals surface area (Å²) in [7, 11) is 0. The molecule has 0 unspecified atom stereocenters. The third-order valence-electron chi connectivity index (χ3n) is 3.20. The van der Waals surface area contributed by atoms with Crippen molar-refractivity contribution >= 4 is 17.1 Å². The molecule has 2 rings (SSSR count). The molecule has 0 heterocycles. The minimum atomic E-state index is -1.02. The Morgan fingerprint density at radius 2 is 1.73 bits per heavy atom. The van der Waals surface area contributed by atoms with Crippen molar-refractivity contribution in [2.45, 2.75) is 6.92 Å². The Hall–Kier alpha value is -3.06. The van der Waals surface area contributed by atoms with Gasteiger partial charge in [-0.3, -0.25) is 0 Å². The van der Waals surface area contributed by atoms with E-state index in [0.29, 0.717) is 11.3 Å². The van der Waals surface area contributed by atoms with E-state index in [1.165, 1.54) is 0 Å². The molecule has 0 spiro atoms. The number of hydrogen-bond donors (Lipinski definition) is 1. The van der Waals surface area contributed by atoms with E-state index in [1.54, 1.807) is 12.1 Å². The first kappa shape index (κ1) is 15.3. The van der Waals surface area contributed by atoms with Crippen LogP contribution in [0.25, 0.3) is 11.1 Å². The molecule has 2 aromatic carbocycles. The maximum Gasteiger partial charge on any atom is 0.341 e. The molecule has 4 nitrogen and oxygen atoms in total. The van der Waals surface area contributed by atoms with Crippen molar-refractivity contribution < 1.29 is 14.6 Å². The average molecular weight is 293 g/mol. The zero-order valence-electron chi connectivity index (χ0n) is 12.1. The van der Waals surface area contributed by atoms with Gasteiger partial charge in [-0.05, 0) is 35.8 Å². The third kappa shape index (κ3) is 3.74. The standard InChI is InChI=1S/C18H15NO3/c1-13(17(11-19)15-5-3-2-4-6-15)14-7-9-16(10-8-14)22-12-18(20)21/h2-10H,12H2,1H3,(H,20,21)/b17-13-. The van der Waals surface area contributed by atoms with Crippen molar-refractivity contribution in [2.75, 3.05) is 6.61 Å². The largest absolute Gasteiger partial charge is 0.482 e. The topological polar surface area (TPSA) is 70.3 Å². The molecule has 0 aromatic heterocycles. The van der Waals surface area contributed by atoms with E-state index in [0.717, 1.165) is 16.7 Å². The number of carbonyl (C=O) groups is 1. The molecular formula is C18H15NO3. The molecule has 0 saturated carbocycles. The fraction of sp³-hybridized carbons (Fsp3) is 0.111. The monoisotopic (exact) mass is 293 g/mol. The van der Waals surface area contributed by atoms with Gasteiger partial charge in [0, 0.05) is 0 Å². The average Bonchev–Trinajstić information content (AvgIpc) is 2.55. The predicted molar refractivity (Wildman–Crippen MR) is 84.1 cm³/mol. The lowest BCUT2D eigenvalue weighted by atomic mass is 9.97. The summed E-state index contributed by atoms with van der Waals surface area (Å²) in [4.78, 5) is 10.5. The first-order valence-corrected chi connectivity index (χ1v) is 6.73. The van der Waals surface area contributed by atoms with Crippen LogP contribution in [0.4, 0.5) is 0 Å². The number of allylic oxidation sites excluding steroid dienone is 2. The van der Waals surface area contributed by atoms with Crippen LogP contribution in [0.2, 0.25) is 0 Å². The highest BCUT2D eigenvalue weighted by Gasteiger charge is 2.07.